The van der Waals surface area contributed by atoms with Gasteiger partial charge in [-0.2, -0.15) is 0 Å². The molecule has 0 radical (unpaired) electrons. The topological polar surface area (TPSA) is 52.6 Å². The molecule has 4 aromatic rings. The minimum absolute atomic E-state index is 0.248. The zero-order valence-electron chi connectivity index (χ0n) is 26.5. The average molecular weight is 569 g/mol. The second-order valence-corrected chi connectivity index (χ2v) is 15.1. The number of furan rings is 4. The number of hydrogen-bond donors (Lipinski definition) is 0. The Bertz CT molecular complexity index is 1330. The van der Waals surface area contributed by atoms with Gasteiger partial charge in [-0.25, -0.2) is 0 Å². The smallest absolute Gasteiger partial charge is 0.117 e. The Morgan fingerprint density at radius 2 is 0.690 bits per heavy atom. The van der Waals surface area contributed by atoms with Crippen LogP contribution >= 0.6 is 0 Å². The van der Waals surface area contributed by atoms with Crippen LogP contribution in [-0.4, -0.2) is 0 Å². The van der Waals surface area contributed by atoms with Gasteiger partial charge in [0.1, 0.15) is 46.1 Å². The molecule has 42 heavy (non-hydrogen) atoms. The van der Waals surface area contributed by atoms with Gasteiger partial charge in [0.25, 0.3) is 0 Å². The third-order valence-corrected chi connectivity index (χ3v) is 11.0. The SMILES string of the molecule is CC(C)CC1(C)c2ccc(o2)C2(CCCC2)c2ccc(o2)C(C)(CC(C)C)c2ccc(o2)C2(CCCC2)c2ccc1o2. The van der Waals surface area contributed by atoms with Crippen molar-refractivity contribution in [3.8, 4) is 0 Å². The highest BCUT2D eigenvalue weighted by Crippen LogP contribution is 2.54. The number of rotatable bonds is 4. The van der Waals surface area contributed by atoms with Gasteiger partial charge in [-0.15, -0.1) is 0 Å². The highest BCUT2D eigenvalue weighted by Gasteiger charge is 2.49. The van der Waals surface area contributed by atoms with Crippen molar-refractivity contribution >= 4 is 0 Å². The van der Waals surface area contributed by atoms with Crippen LogP contribution in [0.3, 0.4) is 0 Å². The molecule has 3 aliphatic rings. The van der Waals surface area contributed by atoms with E-state index in [0.29, 0.717) is 11.8 Å². The van der Waals surface area contributed by atoms with E-state index in [0.717, 1.165) is 84.6 Å². The lowest BCUT2D eigenvalue weighted by Gasteiger charge is -2.31. The maximum atomic E-state index is 6.99. The van der Waals surface area contributed by atoms with E-state index in [1.54, 1.807) is 0 Å². The van der Waals surface area contributed by atoms with Gasteiger partial charge in [0.15, 0.2) is 0 Å². The van der Waals surface area contributed by atoms with E-state index in [4.69, 9.17) is 17.7 Å². The minimum Gasteiger partial charge on any atom is -0.464 e. The van der Waals surface area contributed by atoms with Crippen LogP contribution in [0.15, 0.2) is 66.2 Å². The molecule has 2 aliphatic carbocycles. The predicted molar refractivity (Wildman–Crippen MR) is 165 cm³/mol. The van der Waals surface area contributed by atoms with Crippen LogP contribution in [0.5, 0.6) is 0 Å². The minimum atomic E-state index is -0.375. The first-order valence-electron chi connectivity index (χ1n) is 16.5. The van der Waals surface area contributed by atoms with Gasteiger partial charge >= 0.3 is 0 Å². The molecule has 0 N–H and O–H groups in total. The zero-order chi connectivity index (χ0) is 29.3. The van der Waals surface area contributed by atoms with Gasteiger partial charge in [0, 0.05) is 0 Å². The third-order valence-electron chi connectivity index (χ3n) is 11.0. The van der Waals surface area contributed by atoms with Crippen molar-refractivity contribution in [3.05, 3.63) is 94.6 Å². The van der Waals surface area contributed by atoms with E-state index in [2.05, 4.69) is 90.1 Å². The summed E-state index contributed by atoms with van der Waals surface area (Å²) in [6.07, 6.45) is 10.7. The molecule has 1 aliphatic heterocycles. The molecule has 2 saturated carbocycles. The van der Waals surface area contributed by atoms with Crippen LogP contribution in [0.4, 0.5) is 0 Å². The second kappa shape index (κ2) is 9.82. The van der Waals surface area contributed by atoms with E-state index in [-0.39, 0.29) is 21.7 Å². The Morgan fingerprint density at radius 3 is 0.929 bits per heavy atom. The summed E-state index contributed by atoms with van der Waals surface area (Å²) >= 11 is 0. The Balaban J connectivity index is 1.49. The fourth-order valence-electron chi connectivity index (χ4n) is 9.03. The van der Waals surface area contributed by atoms with Gasteiger partial charge < -0.3 is 17.7 Å². The highest BCUT2D eigenvalue weighted by molar-refractivity contribution is 5.40. The molecule has 0 unspecified atom stereocenters. The van der Waals surface area contributed by atoms with E-state index < -0.39 is 0 Å². The van der Waals surface area contributed by atoms with Gasteiger partial charge in [-0.1, -0.05) is 53.4 Å². The second-order valence-electron chi connectivity index (χ2n) is 15.1. The summed E-state index contributed by atoms with van der Waals surface area (Å²) in [6, 6.07) is 17.8. The molecule has 5 heterocycles. The third kappa shape index (κ3) is 4.07. The molecule has 0 atom stereocenters. The van der Waals surface area contributed by atoms with Crippen LogP contribution in [-0.2, 0) is 21.7 Å². The lowest BCUT2D eigenvalue weighted by molar-refractivity contribution is 0.228. The summed E-state index contributed by atoms with van der Waals surface area (Å²) in [6.45, 7) is 13.8. The first-order valence-corrected chi connectivity index (χ1v) is 16.5. The Kier molecular flexibility index (Phi) is 6.53. The van der Waals surface area contributed by atoms with Crippen molar-refractivity contribution in [2.24, 2.45) is 11.8 Å². The van der Waals surface area contributed by atoms with Gasteiger partial charge in [0.2, 0.25) is 0 Å². The van der Waals surface area contributed by atoms with Gasteiger partial charge in [0.05, 0.1) is 21.7 Å². The lowest BCUT2D eigenvalue weighted by atomic mass is 9.78. The summed E-state index contributed by atoms with van der Waals surface area (Å²) in [5, 5.41) is 0. The van der Waals surface area contributed by atoms with Crippen molar-refractivity contribution in [1.29, 1.82) is 0 Å². The summed E-state index contributed by atoms with van der Waals surface area (Å²) in [5.41, 5.74) is -1.25. The lowest BCUT2D eigenvalue weighted by Crippen LogP contribution is -2.27. The van der Waals surface area contributed by atoms with Crippen LogP contribution < -0.4 is 0 Å². The standard InChI is InChI=1S/C38H48O4/c1-25(2)23-35(5)27-11-15-31(39-27)37(19-7-8-20-37)33-17-13-29(41-33)36(6,24-26(3)4)30-14-18-34(42-30)38(21-9-10-22-38)32-16-12-28(35)40-32/h11-18,25-26H,7-10,19-24H2,1-6H3. The van der Waals surface area contributed by atoms with Crippen molar-refractivity contribution in [1.82, 2.24) is 0 Å². The maximum Gasteiger partial charge on any atom is 0.117 e. The molecule has 0 aromatic carbocycles. The summed E-state index contributed by atoms with van der Waals surface area (Å²) in [5.74, 6) is 9.03. The average Bonchev–Trinajstić information content (AvgIpc) is 3.78. The Labute approximate surface area is 251 Å². The van der Waals surface area contributed by atoms with Crippen molar-refractivity contribution < 1.29 is 17.7 Å². The van der Waals surface area contributed by atoms with Crippen LogP contribution in [0.1, 0.15) is 152 Å². The van der Waals surface area contributed by atoms with Crippen LogP contribution in [0.2, 0.25) is 0 Å². The van der Waals surface area contributed by atoms with Gasteiger partial charge in [-0.05, 0) is 113 Å². The fraction of sp³-hybridized carbons (Fsp3) is 0.579. The molecule has 2 spiro atoms. The summed E-state index contributed by atoms with van der Waals surface area (Å²) < 4.78 is 28.0. The molecule has 8 bridgehead atoms. The van der Waals surface area contributed by atoms with E-state index in [1.165, 1.54) is 25.7 Å². The van der Waals surface area contributed by atoms with E-state index >= 15 is 0 Å². The Morgan fingerprint density at radius 1 is 0.452 bits per heavy atom. The molecule has 4 heteroatoms. The maximum absolute atomic E-state index is 6.99. The van der Waals surface area contributed by atoms with E-state index in [1.807, 2.05) is 0 Å². The molecule has 0 saturated heterocycles. The Hall–Kier alpha value is -2.88. The number of fused-ring (bicyclic) bond motifs is 12. The predicted octanol–water partition coefficient (Wildman–Crippen LogP) is 10.8. The fourth-order valence-corrected chi connectivity index (χ4v) is 9.03. The molecule has 4 nitrogen and oxygen atoms in total. The molecule has 2 fully saturated rings. The first-order chi connectivity index (χ1) is 20.1. The summed E-state index contributed by atoms with van der Waals surface area (Å²) in [4.78, 5) is 0. The van der Waals surface area contributed by atoms with Crippen LogP contribution in [0, 0.1) is 11.8 Å². The summed E-state index contributed by atoms with van der Waals surface area (Å²) in [7, 11) is 0. The first kappa shape index (κ1) is 27.9. The van der Waals surface area contributed by atoms with Crippen LogP contribution in [0.25, 0.3) is 0 Å². The monoisotopic (exact) mass is 568 g/mol. The molecule has 224 valence electrons. The van der Waals surface area contributed by atoms with Crippen molar-refractivity contribution in [3.63, 3.8) is 0 Å². The van der Waals surface area contributed by atoms with E-state index in [9.17, 15) is 0 Å². The molecular formula is C38H48O4. The number of hydrogen-bond acceptors (Lipinski definition) is 4. The normalized spacial score (nSPS) is 26.3. The molecule has 7 rings (SSSR count). The van der Waals surface area contributed by atoms with Gasteiger partial charge in [-0.3, -0.25) is 0 Å². The van der Waals surface area contributed by atoms with Crippen molar-refractivity contribution in [2.75, 3.05) is 0 Å². The van der Waals surface area contributed by atoms with Crippen molar-refractivity contribution in [2.45, 2.75) is 127 Å². The zero-order valence-corrected chi connectivity index (χ0v) is 26.5. The molecular weight excluding hydrogens is 520 g/mol. The molecule has 0 amide bonds. The quantitative estimate of drug-likeness (QED) is 0.246. The highest BCUT2D eigenvalue weighted by atomic mass is 16.4. The largest absolute Gasteiger partial charge is 0.464 e. The molecule has 4 aromatic heterocycles.